The van der Waals surface area contributed by atoms with Crippen LogP contribution in [0.4, 0.5) is 0 Å². The Labute approximate surface area is 171 Å². The highest BCUT2D eigenvalue weighted by Crippen LogP contribution is 2.31. The van der Waals surface area contributed by atoms with E-state index in [0.29, 0.717) is 18.8 Å². The summed E-state index contributed by atoms with van der Waals surface area (Å²) in [6, 6.07) is 13.1. The summed E-state index contributed by atoms with van der Waals surface area (Å²) in [7, 11) is 4.91. The van der Waals surface area contributed by atoms with Crippen LogP contribution in [0, 0.1) is 0 Å². The lowest BCUT2D eigenvalue weighted by molar-refractivity contribution is -0.135. The van der Waals surface area contributed by atoms with Gasteiger partial charge >= 0.3 is 0 Å². The zero-order valence-corrected chi connectivity index (χ0v) is 17.2. The minimum absolute atomic E-state index is 0.000529. The lowest BCUT2D eigenvalue weighted by atomic mass is 10.1. The summed E-state index contributed by atoms with van der Waals surface area (Å²) >= 11 is 0. The number of amides is 1. The van der Waals surface area contributed by atoms with Crippen LogP contribution in [0.2, 0.25) is 0 Å². The molecule has 3 rings (SSSR count). The van der Waals surface area contributed by atoms with Gasteiger partial charge in [-0.1, -0.05) is 12.1 Å². The summed E-state index contributed by atoms with van der Waals surface area (Å²) in [6.07, 6.45) is 0. The van der Waals surface area contributed by atoms with Gasteiger partial charge in [-0.2, -0.15) is 0 Å². The number of benzene rings is 2. The monoisotopic (exact) mass is 400 g/mol. The molecule has 0 unspecified atom stereocenters. The van der Waals surface area contributed by atoms with E-state index in [1.165, 1.54) is 0 Å². The van der Waals surface area contributed by atoms with Crippen molar-refractivity contribution < 1.29 is 23.7 Å². The number of methoxy groups -OCH3 is 3. The second-order valence-corrected chi connectivity index (χ2v) is 6.77. The number of carbonyl (C=O) groups excluding carboxylic acids is 1. The second kappa shape index (κ2) is 10.0. The molecule has 2 aromatic carbocycles. The maximum absolute atomic E-state index is 12.5. The molecule has 0 spiro atoms. The first kappa shape index (κ1) is 20.8. The minimum atomic E-state index is -0.000529. The fraction of sp³-hybridized carbons (Fsp3) is 0.409. The number of carbonyl (C=O) groups is 1. The zero-order valence-electron chi connectivity index (χ0n) is 17.2. The van der Waals surface area contributed by atoms with Crippen LogP contribution in [0.3, 0.4) is 0 Å². The van der Waals surface area contributed by atoms with Crippen molar-refractivity contribution in [2.24, 2.45) is 0 Å². The molecule has 156 valence electrons. The molecular formula is C22H28N2O5. The normalized spacial score (nSPS) is 14.4. The second-order valence-electron chi connectivity index (χ2n) is 6.77. The first-order chi connectivity index (χ1) is 14.1. The van der Waals surface area contributed by atoms with Gasteiger partial charge in [0.05, 0.1) is 21.3 Å². The number of ether oxygens (including phenoxy) is 4. The van der Waals surface area contributed by atoms with Gasteiger partial charge in [-0.3, -0.25) is 9.69 Å². The summed E-state index contributed by atoms with van der Waals surface area (Å²) in [6.45, 7) is 3.75. The third kappa shape index (κ3) is 5.32. The molecule has 29 heavy (non-hydrogen) atoms. The van der Waals surface area contributed by atoms with Gasteiger partial charge in [0, 0.05) is 38.3 Å². The predicted molar refractivity (Wildman–Crippen MR) is 110 cm³/mol. The maximum Gasteiger partial charge on any atom is 0.260 e. The third-order valence-corrected chi connectivity index (χ3v) is 5.03. The molecular weight excluding hydrogens is 372 g/mol. The van der Waals surface area contributed by atoms with Gasteiger partial charge in [-0.15, -0.1) is 0 Å². The topological polar surface area (TPSA) is 60.5 Å². The lowest BCUT2D eigenvalue weighted by Gasteiger charge is -2.35. The molecule has 0 aliphatic carbocycles. The van der Waals surface area contributed by atoms with Gasteiger partial charge in [-0.05, 0) is 30.3 Å². The Morgan fingerprint density at radius 3 is 2.17 bits per heavy atom. The minimum Gasteiger partial charge on any atom is -0.497 e. The Morgan fingerprint density at radius 1 is 0.862 bits per heavy atom. The van der Waals surface area contributed by atoms with Gasteiger partial charge in [0.2, 0.25) is 0 Å². The van der Waals surface area contributed by atoms with Crippen molar-refractivity contribution in [2.45, 2.75) is 6.54 Å². The van der Waals surface area contributed by atoms with Crippen molar-refractivity contribution in [2.75, 3.05) is 54.1 Å². The van der Waals surface area contributed by atoms with Crippen LogP contribution in [-0.2, 0) is 11.3 Å². The summed E-state index contributed by atoms with van der Waals surface area (Å²) in [4.78, 5) is 16.6. The quantitative estimate of drug-likeness (QED) is 0.678. The van der Waals surface area contributed by atoms with E-state index in [-0.39, 0.29) is 12.5 Å². The average Bonchev–Trinajstić information content (AvgIpc) is 2.78. The predicted octanol–water partition coefficient (Wildman–Crippen LogP) is 2.44. The molecule has 0 atom stereocenters. The SMILES string of the molecule is COc1ccc(OCC(=O)N2CCN(Cc3cccc(OC)c3OC)CC2)cc1. The van der Waals surface area contributed by atoms with Crippen LogP contribution in [0.5, 0.6) is 23.0 Å². The standard InChI is InChI=1S/C22H28N2O5/c1-26-18-7-9-19(10-8-18)29-16-21(25)24-13-11-23(12-14-24)15-17-5-4-6-20(27-2)22(17)28-3/h4-10H,11-16H2,1-3H3. The highest BCUT2D eigenvalue weighted by molar-refractivity contribution is 5.77. The Balaban J connectivity index is 1.48. The van der Waals surface area contributed by atoms with E-state index < -0.39 is 0 Å². The molecule has 0 saturated carbocycles. The number of para-hydroxylation sites is 1. The van der Waals surface area contributed by atoms with E-state index in [0.717, 1.165) is 42.4 Å². The number of hydrogen-bond acceptors (Lipinski definition) is 6. The number of nitrogens with zero attached hydrogens (tertiary/aromatic N) is 2. The van der Waals surface area contributed by atoms with E-state index >= 15 is 0 Å². The van der Waals surface area contributed by atoms with Crippen molar-refractivity contribution in [1.29, 1.82) is 0 Å². The van der Waals surface area contributed by atoms with Crippen molar-refractivity contribution in [1.82, 2.24) is 9.80 Å². The molecule has 1 saturated heterocycles. The van der Waals surface area contributed by atoms with Gasteiger partial charge < -0.3 is 23.8 Å². The lowest BCUT2D eigenvalue weighted by Crippen LogP contribution is -2.49. The Kier molecular flexibility index (Phi) is 7.19. The highest BCUT2D eigenvalue weighted by atomic mass is 16.5. The largest absolute Gasteiger partial charge is 0.497 e. The van der Waals surface area contributed by atoms with Crippen molar-refractivity contribution in [3.63, 3.8) is 0 Å². The van der Waals surface area contributed by atoms with Crippen LogP contribution in [-0.4, -0.2) is 69.8 Å². The molecule has 1 aliphatic heterocycles. The maximum atomic E-state index is 12.5. The van der Waals surface area contributed by atoms with Crippen molar-refractivity contribution in [3.8, 4) is 23.0 Å². The highest BCUT2D eigenvalue weighted by Gasteiger charge is 2.22. The van der Waals surface area contributed by atoms with Gasteiger partial charge in [0.1, 0.15) is 11.5 Å². The fourth-order valence-electron chi connectivity index (χ4n) is 3.38. The average molecular weight is 400 g/mol. The number of piperazine rings is 1. The first-order valence-electron chi connectivity index (χ1n) is 9.61. The summed E-state index contributed by atoms with van der Waals surface area (Å²) in [5.41, 5.74) is 1.08. The Hall–Kier alpha value is -2.93. The fourth-order valence-corrected chi connectivity index (χ4v) is 3.38. The van der Waals surface area contributed by atoms with Gasteiger partial charge in [0.15, 0.2) is 18.1 Å². The Bertz CT molecular complexity index is 801. The molecule has 0 N–H and O–H groups in total. The summed E-state index contributed by atoms with van der Waals surface area (Å²) < 4.78 is 21.6. The molecule has 1 fully saturated rings. The van der Waals surface area contributed by atoms with Crippen molar-refractivity contribution >= 4 is 5.91 Å². The van der Waals surface area contributed by atoms with E-state index in [2.05, 4.69) is 4.90 Å². The van der Waals surface area contributed by atoms with Crippen LogP contribution in [0.15, 0.2) is 42.5 Å². The van der Waals surface area contributed by atoms with Crippen LogP contribution in [0.1, 0.15) is 5.56 Å². The molecule has 1 heterocycles. The van der Waals surface area contributed by atoms with Gasteiger partial charge in [-0.25, -0.2) is 0 Å². The van der Waals surface area contributed by atoms with E-state index in [9.17, 15) is 4.79 Å². The van der Waals surface area contributed by atoms with E-state index in [4.69, 9.17) is 18.9 Å². The molecule has 0 aromatic heterocycles. The molecule has 0 radical (unpaired) electrons. The smallest absolute Gasteiger partial charge is 0.260 e. The molecule has 2 aromatic rings. The van der Waals surface area contributed by atoms with Crippen LogP contribution in [0.25, 0.3) is 0 Å². The van der Waals surface area contributed by atoms with Gasteiger partial charge in [0.25, 0.3) is 5.91 Å². The van der Waals surface area contributed by atoms with E-state index in [1.807, 2.05) is 35.2 Å². The van der Waals surface area contributed by atoms with E-state index in [1.54, 1.807) is 33.5 Å². The number of hydrogen-bond donors (Lipinski definition) is 0. The van der Waals surface area contributed by atoms with Crippen LogP contribution < -0.4 is 18.9 Å². The summed E-state index contributed by atoms with van der Waals surface area (Å²) in [5, 5.41) is 0. The van der Waals surface area contributed by atoms with Crippen LogP contribution >= 0.6 is 0 Å². The van der Waals surface area contributed by atoms with Crippen molar-refractivity contribution in [3.05, 3.63) is 48.0 Å². The first-order valence-corrected chi connectivity index (χ1v) is 9.61. The molecule has 7 heteroatoms. The zero-order chi connectivity index (χ0) is 20.6. The molecule has 1 aliphatic rings. The molecule has 0 bridgehead atoms. The molecule has 7 nitrogen and oxygen atoms in total. The third-order valence-electron chi connectivity index (χ3n) is 5.03. The number of rotatable bonds is 8. The molecule has 1 amide bonds. The summed E-state index contributed by atoms with van der Waals surface area (Å²) in [5.74, 6) is 2.91. The Morgan fingerprint density at radius 2 is 1.55 bits per heavy atom.